The highest BCUT2D eigenvalue weighted by Crippen LogP contribution is 2.35. The highest BCUT2D eigenvalue weighted by Gasteiger charge is 2.29. The maximum atomic E-state index is 3.54. The second kappa shape index (κ2) is 6.53. The summed E-state index contributed by atoms with van der Waals surface area (Å²) in [6.07, 6.45) is 4.09. The van der Waals surface area contributed by atoms with Crippen molar-refractivity contribution in [2.75, 3.05) is 26.7 Å². The fourth-order valence-corrected chi connectivity index (χ4v) is 3.86. The summed E-state index contributed by atoms with van der Waals surface area (Å²) in [5.41, 5.74) is 0. The van der Waals surface area contributed by atoms with E-state index in [1.54, 1.807) is 0 Å². The molecule has 0 saturated carbocycles. The first kappa shape index (κ1) is 13.1. The largest absolute Gasteiger partial charge is 0.317 e. The summed E-state index contributed by atoms with van der Waals surface area (Å²) in [5.74, 6) is 0.765. The minimum atomic E-state index is 0.622. The van der Waals surface area contributed by atoms with E-state index in [-0.39, 0.29) is 0 Å². The molecular formula is C14H24N2S. The monoisotopic (exact) mass is 252 g/mol. The summed E-state index contributed by atoms with van der Waals surface area (Å²) in [4.78, 5) is 4.10. The van der Waals surface area contributed by atoms with E-state index < -0.39 is 0 Å². The Labute approximate surface area is 109 Å². The van der Waals surface area contributed by atoms with E-state index >= 15 is 0 Å². The van der Waals surface area contributed by atoms with Gasteiger partial charge >= 0.3 is 0 Å². The second-order valence-electron chi connectivity index (χ2n) is 5.00. The van der Waals surface area contributed by atoms with Crippen LogP contribution >= 0.6 is 11.3 Å². The van der Waals surface area contributed by atoms with Gasteiger partial charge in [-0.3, -0.25) is 4.90 Å². The van der Waals surface area contributed by atoms with Crippen LogP contribution in [0.5, 0.6) is 0 Å². The van der Waals surface area contributed by atoms with Gasteiger partial charge in [0.05, 0.1) is 0 Å². The van der Waals surface area contributed by atoms with Crippen LogP contribution in [0.4, 0.5) is 0 Å². The zero-order valence-corrected chi connectivity index (χ0v) is 11.8. The molecule has 1 aliphatic rings. The molecule has 0 radical (unpaired) electrons. The normalized spacial score (nSPS) is 26.9. The zero-order valence-electron chi connectivity index (χ0n) is 11.0. The first-order valence-electron chi connectivity index (χ1n) is 6.77. The number of hydrogen-bond donors (Lipinski definition) is 1. The second-order valence-corrected chi connectivity index (χ2v) is 5.98. The lowest BCUT2D eigenvalue weighted by atomic mass is 9.93. The number of rotatable bonds is 4. The predicted octanol–water partition coefficient (Wildman–Crippen LogP) is 3.13. The molecule has 2 nitrogen and oxygen atoms in total. The van der Waals surface area contributed by atoms with E-state index in [1.807, 2.05) is 11.3 Å². The smallest absolute Gasteiger partial charge is 0.0478 e. The van der Waals surface area contributed by atoms with Crippen LogP contribution in [0.3, 0.4) is 0 Å². The standard InChI is InChI=1S/C14H24N2S/c1-3-15-11-12-7-4-5-9-16(2)14(12)13-8-6-10-17-13/h6,8,10,12,14-15H,3-5,7,9,11H2,1-2H3. The fraction of sp³-hybridized carbons (Fsp3) is 0.714. The molecule has 2 heterocycles. The van der Waals surface area contributed by atoms with Gasteiger partial charge in [0.25, 0.3) is 0 Å². The molecular weight excluding hydrogens is 228 g/mol. The number of likely N-dealkylation sites (tertiary alicyclic amines) is 1. The van der Waals surface area contributed by atoms with Crippen molar-refractivity contribution < 1.29 is 0 Å². The minimum Gasteiger partial charge on any atom is -0.317 e. The molecule has 1 aliphatic heterocycles. The van der Waals surface area contributed by atoms with E-state index in [2.05, 4.69) is 41.7 Å². The van der Waals surface area contributed by atoms with Gasteiger partial charge in [0.15, 0.2) is 0 Å². The maximum absolute atomic E-state index is 3.54. The highest BCUT2D eigenvalue weighted by atomic mass is 32.1. The lowest BCUT2D eigenvalue weighted by Crippen LogP contribution is -2.34. The average Bonchev–Trinajstić information content (AvgIpc) is 2.78. The van der Waals surface area contributed by atoms with Crippen molar-refractivity contribution in [2.24, 2.45) is 5.92 Å². The van der Waals surface area contributed by atoms with Gasteiger partial charge in [0, 0.05) is 10.9 Å². The molecule has 1 aromatic heterocycles. The predicted molar refractivity (Wildman–Crippen MR) is 75.6 cm³/mol. The molecule has 1 aromatic rings. The van der Waals surface area contributed by atoms with Crippen LogP contribution in [0.25, 0.3) is 0 Å². The molecule has 0 spiro atoms. The Balaban J connectivity index is 2.13. The van der Waals surface area contributed by atoms with Crippen LogP contribution < -0.4 is 5.32 Å². The summed E-state index contributed by atoms with van der Waals surface area (Å²) in [5, 5.41) is 5.74. The topological polar surface area (TPSA) is 15.3 Å². The van der Waals surface area contributed by atoms with E-state index in [4.69, 9.17) is 0 Å². The molecule has 2 unspecified atom stereocenters. The van der Waals surface area contributed by atoms with Gasteiger partial charge in [0.1, 0.15) is 0 Å². The van der Waals surface area contributed by atoms with Crippen LogP contribution in [0.1, 0.15) is 37.1 Å². The molecule has 3 heteroatoms. The molecule has 17 heavy (non-hydrogen) atoms. The van der Waals surface area contributed by atoms with Gasteiger partial charge in [-0.05, 0) is 56.9 Å². The van der Waals surface area contributed by atoms with Crippen molar-refractivity contribution in [1.82, 2.24) is 10.2 Å². The highest BCUT2D eigenvalue weighted by molar-refractivity contribution is 7.10. The molecule has 1 saturated heterocycles. The molecule has 0 bridgehead atoms. The van der Waals surface area contributed by atoms with Crippen molar-refractivity contribution in [2.45, 2.75) is 32.2 Å². The summed E-state index contributed by atoms with van der Waals surface area (Å²) >= 11 is 1.91. The van der Waals surface area contributed by atoms with E-state index in [0.29, 0.717) is 6.04 Å². The Morgan fingerprint density at radius 2 is 2.35 bits per heavy atom. The number of thiophene rings is 1. The van der Waals surface area contributed by atoms with Gasteiger partial charge in [-0.15, -0.1) is 11.3 Å². The minimum absolute atomic E-state index is 0.622. The van der Waals surface area contributed by atoms with Crippen LogP contribution in [0, 0.1) is 5.92 Å². The molecule has 2 atom stereocenters. The summed E-state index contributed by atoms with van der Waals surface area (Å²) in [6.45, 7) is 5.67. The van der Waals surface area contributed by atoms with E-state index in [0.717, 1.165) is 19.0 Å². The summed E-state index contributed by atoms with van der Waals surface area (Å²) < 4.78 is 0. The van der Waals surface area contributed by atoms with Gasteiger partial charge in [-0.1, -0.05) is 19.4 Å². The molecule has 1 N–H and O–H groups in total. The Hall–Kier alpha value is -0.380. The van der Waals surface area contributed by atoms with Crippen molar-refractivity contribution >= 4 is 11.3 Å². The van der Waals surface area contributed by atoms with Crippen LogP contribution in [-0.4, -0.2) is 31.6 Å². The van der Waals surface area contributed by atoms with Crippen molar-refractivity contribution in [3.8, 4) is 0 Å². The molecule has 0 aliphatic carbocycles. The third-order valence-electron chi connectivity index (χ3n) is 3.75. The Bertz CT molecular complexity index is 310. The first-order chi connectivity index (χ1) is 8.33. The Kier molecular flexibility index (Phi) is 5.01. The quantitative estimate of drug-likeness (QED) is 0.885. The van der Waals surface area contributed by atoms with Gasteiger partial charge in [-0.2, -0.15) is 0 Å². The van der Waals surface area contributed by atoms with E-state index in [1.165, 1.54) is 30.7 Å². The molecule has 0 amide bonds. The zero-order chi connectivity index (χ0) is 12.1. The van der Waals surface area contributed by atoms with E-state index in [9.17, 15) is 0 Å². The molecule has 1 fully saturated rings. The third-order valence-corrected chi connectivity index (χ3v) is 4.69. The Morgan fingerprint density at radius 3 is 3.06 bits per heavy atom. The number of nitrogens with zero attached hydrogens (tertiary/aromatic N) is 1. The van der Waals surface area contributed by atoms with Gasteiger partial charge in [-0.25, -0.2) is 0 Å². The number of nitrogens with one attached hydrogen (secondary N) is 1. The fourth-order valence-electron chi connectivity index (χ4n) is 2.88. The van der Waals surface area contributed by atoms with Crippen molar-refractivity contribution in [3.05, 3.63) is 22.4 Å². The van der Waals surface area contributed by atoms with Gasteiger partial charge < -0.3 is 5.32 Å². The van der Waals surface area contributed by atoms with Crippen molar-refractivity contribution in [3.63, 3.8) is 0 Å². The molecule has 2 rings (SSSR count). The SMILES string of the molecule is CCNCC1CCCCN(C)C1c1cccs1. The summed E-state index contributed by atoms with van der Waals surface area (Å²) in [7, 11) is 2.29. The summed E-state index contributed by atoms with van der Waals surface area (Å²) in [6, 6.07) is 5.11. The van der Waals surface area contributed by atoms with Crippen LogP contribution in [0.2, 0.25) is 0 Å². The maximum Gasteiger partial charge on any atom is 0.0478 e. The van der Waals surface area contributed by atoms with Crippen LogP contribution in [-0.2, 0) is 0 Å². The molecule has 0 aromatic carbocycles. The number of hydrogen-bond acceptors (Lipinski definition) is 3. The first-order valence-corrected chi connectivity index (χ1v) is 7.65. The lowest BCUT2D eigenvalue weighted by Gasteiger charge is -2.31. The molecule has 96 valence electrons. The van der Waals surface area contributed by atoms with Crippen molar-refractivity contribution in [1.29, 1.82) is 0 Å². The Morgan fingerprint density at radius 1 is 1.47 bits per heavy atom. The van der Waals surface area contributed by atoms with Gasteiger partial charge in [0.2, 0.25) is 0 Å². The third kappa shape index (κ3) is 3.30. The average molecular weight is 252 g/mol. The lowest BCUT2D eigenvalue weighted by molar-refractivity contribution is 0.193. The van der Waals surface area contributed by atoms with Crippen LogP contribution in [0.15, 0.2) is 17.5 Å².